The molecule has 1 saturated heterocycles. The zero-order valence-electron chi connectivity index (χ0n) is 11.2. The molecule has 1 aromatic rings. The molecule has 2 unspecified atom stereocenters. The van der Waals surface area contributed by atoms with E-state index in [0.29, 0.717) is 5.92 Å². The maximum Gasteiger partial charge on any atom is 0.0753 e. The van der Waals surface area contributed by atoms with E-state index in [4.69, 9.17) is 0 Å². The highest BCUT2D eigenvalue weighted by Crippen LogP contribution is 2.29. The number of nitrogens with zero attached hydrogens (tertiary/aromatic N) is 2. The molecule has 1 aliphatic rings. The first kappa shape index (κ1) is 12.9. The van der Waals surface area contributed by atoms with E-state index in [0.717, 1.165) is 25.1 Å². The van der Waals surface area contributed by atoms with Gasteiger partial charge in [0.2, 0.25) is 0 Å². The van der Waals surface area contributed by atoms with Crippen LogP contribution in [0.1, 0.15) is 24.3 Å². The van der Waals surface area contributed by atoms with Crippen molar-refractivity contribution in [1.29, 1.82) is 5.26 Å². The van der Waals surface area contributed by atoms with Gasteiger partial charge in [-0.25, -0.2) is 0 Å². The average molecular weight is 243 g/mol. The van der Waals surface area contributed by atoms with Crippen LogP contribution in [0.15, 0.2) is 24.3 Å². The molecule has 0 aliphatic carbocycles. The molecule has 0 bridgehead atoms. The van der Waals surface area contributed by atoms with Crippen molar-refractivity contribution in [2.75, 3.05) is 32.1 Å². The Labute approximate surface area is 109 Å². The lowest BCUT2D eigenvalue weighted by atomic mass is 9.82. The molecule has 1 heterocycles. The maximum atomic E-state index is 9.42. The van der Waals surface area contributed by atoms with Gasteiger partial charge in [-0.3, -0.25) is 0 Å². The predicted octanol–water partition coefficient (Wildman–Crippen LogP) is 2.36. The summed E-state index contributed by atoms with van der Waals surface area (Å²) in [6.07, 6.45) is 2.33. The van der Waals surface area contributed by atoms with Crippen molar-refractivity contribution in [2.45, 2.75) is 18.8 Å². The lowest BCUT2D eigenvalue weighted by molar-refractivity contribution is 0.354. The summed E-state index contributed by atoms with van der Waals surface area (Å²) in [5.41, 5.74) is 2.33. The second-order valence-corrected chi connectivity index (χ2v) is 5.20. The van der Waals surface area contributed by atoms with Gasteiger partial charge >= 0.3 is 0 Å². The summed E-state index contributed by atoms with van der Waals surface area (Å²) in [5.74, 6) is 0.475. The van der Waals surface area contributed by atoms with Crippen LogP contribution in [-0.4, -0.2) is 27.2 Å². The molecular weight excluding hydrogens is 222 g/mol. The fraction of sp³-hybridized carbons (Fsp3) is 0.533. The molecule has 18 heavy (non-hydrogen) atoms. The van der Waals surface area contributed by atoms with Gasteiger partial charge in [0.05, 0.1) is 12.0 Å². The zero-order valence-corrected chi connectivity index (χ0v) is 11.2. The van der Waals surface area contributed by atoms with Crippen molar-refractivity contribution in [3.63, 3.8) is 0 Å². The highest BCUT2D eigenvalue weighted by atomic mass is 15.1. The van der Waals surface area contributed by atoms with Crippen molar-refractivity contribution in [2.24, 2.45) is 5.92 Å². The summed E-state index contributed by atoms with van der Waals surface area (Å²) >= 11 is 0. The van der Waals surface area contributed by atoms with E-state index in [1.54, 1.807) is 0 Å². The van der Waals surface area contributed by atoms with Crippen LogP contribution in [0.4, 0.5) is 5.69 Å². The standard InChI is InChI=1S/C15H21N3/c1-18(2)14-7-5-12(6-8-14)15(10-16)13-4-3-9-17-11-13/h5-8,13,15,17H,3-4,9,11H2,1-2H3. The van der Waals surface area contributed by atoms with Gasteiger partial charge in [0.15, 0.2) is 0 Å². The molecule has 1 aromatic carbocycles. The van der Waals surface area contributed by atoms with E-state index in [1.165, 1.54) is 12.1 Å². The lowest BCUT2D eigenvalue weighted by Gasteiger charge is -2.27. The second kappa shape index (κ2) is 5.88. The van der Waals surface area contributed by atoms with Gasteiger partial charge in [0.1, 0.15) is 0 Å². The number of nitrogens with one attached hydrogen (secondary N) is 1. The summed E-state index contributed by atoms with van der Waals surface area (Å²) in [5, 5.41) is 12.8. The van der Waals surface area contributed by atoms with E-state index >= 15 is 0 Å². The molecule has 0 spiro atoms. The number of nitriles is 1. The minimum atomic E-state index is 0.0222. The molecule has 0 radical (unpaired) electrons. The van der Waals surface area contributed by atoms with Gasteiger partial charge in [0, 0.05) is 19.8 Å². The zero-order chi connectivity index (χ0) is 13.0. The van der Waals surface area contributed by atoms with E-state index in [2.05, 4.69) is 40.6 Å². The fourth-order valence-electron chi connectivity index (χ4n) is 2.60. The molecule has 2 atom stereocenters. The Morgan fingerprint density at radius 1 is 1.33 bits per heavy atom. The summed E-state index contributed by atoms with van der Waals surface area (Å²) < 4.78 is 0. The Morgan fingerprint density at radius 3 is 2.56 bits per heavy atom. The molecule has 1 aliphatic heterocycles. The van der Waals surface area contributed by atoms with Crippen molar-refractivity contribution < 1.29 is 0 Å². The van der Waals surface area contributed by atoms with Gasteiger partial charge in [0.25, 0.3) is 0 Å². The minimum absolute atomic E-state index is 0.0222. The van der Waals surface area contributed by atoms with Crippen LogP contribution >= 0.6 is 0 Å². The van der Waals surface area contributed by atoms with Gasteiger partial charge in [-0.15, -0.1) is 0 Å². The number of rotatable bonds is 3. The van der Waals surface area contributed by atoms with Crippen molar-refractivity contribution in [3.05, 3.63) is 29.8 Å². The molecule has 2 rings (SSSR count). The number of anilines is 1. The van der Waals surface area contributed by atoms with E-state index in [1.807, 2.05) is 14.1 Å². The van der Waals surface area contributed by atoms with Crippen LogP contribution in [0.3, 0.4) is 0 Å². The summed E-state index contributed by atoms with van der Waals surface area (Å²) in [6, 6.07) is 10.9. The highest BCUT2D eigenvalue weighted by molar-refractivity contribution is 5.47. The highest BCUT2D eigenvalue weighted by Gasteiger charge is 2.24. The monoisotopic (exact) mass is 243 g/mol. The molecule has 3 nitrogen and oxygen atoms in total. The van der Waals surface area contributed by atoms with Gasteiger partial charge in [-0.2, -0.15) is 5.26 Å². The van der Waals surface area contributed by atoms with Crippen molar-refractivity contribution in [1.82, 2.24) is 5.32 Å². The summed E-state index contributed by atoms with van der Waals surface area (Å²) in [6.45, 7) is 2.06. The van der Waals surface area contributed by atoms with Gasteiger partial charge in [-0.1, -0.05) is 12.1 Å². The number of piperidine rings is 1. The lowest BCUT2D eigenvalue weighted by Crippen LogP contribution is -2.32. The average Bonchev–Trinajstić information content (AvgIpc) is 2.41. The minimum Gasteiger partial charge on any atom is -0.378 e. The van der Waals surface area contributed by atoms with Crippen LogP contribution in [0.2, 0.25) is 0 Å². The van der Waals surface area contributed by atoms with Crippen LogP contribution in [0.5, 0.6) is 0 Å². The SMILES string of the molecule is CN(C)c1ccc(C(C#N)C2CCCNC2)cc1. The van der Waals surface area contributed by atoms with Crippen LogP contribution in [0, 0.1) is 17.2 Å². The Balaban J connectivity index is 2.14. The van der Waals surface area contributed by atoms with Crippen LogP contribution in [-0.2, 0) is 0 Å². The molecule has 1 N–H and O–H groups in total. The molecule has 0 aromatic heterocycles. The first-order valence-corrected chi connectivity index (χ1v) is 6.60. The molecular formula is C15H21N3. The molecule has 3 heteroatoms. The smallest absolute Gasteiger partial charge is 0.0753 e. The van der Waals surface area contributed by atoms with Crippen molar-refractivity contribution >= 4 is 5.69 Å². The summed E-state index contributed by atoms with van der Waals surface area (Å²) in [7, 11) is 4.06. The first-order chi connectivity index (χ1) is 8.72. The van der Waals surface area contributed by atoms with Gasteiger partial charge in [-0.05, 0) is 49.5 Å². The van der Waals surface area contributed by atoms with E-state index in [9.17, 15) is 5.26 Å². The quantitative estimate of drug-likeness (QED) is 0.885. The Kier molecular flexibility index (Phi) is 4.22. The molecule has 0 saturated carbocycles. The maximum absolute atomic E-state index is 9.42. The third kappa shape index (κ3) is 2.83. The Bertz CT molecular complexity index is 410. The Morgan fingerprint density at radius 2 is 2.06 bits per heavy atom. The second-order valence-electron chi connectivity index (χ2n) is 5.20. The third-order valence-electron chi connectivity index (χ3n) is 3.71. The molecule has 96 valence electrons. The predicted molar refractivity (Wildman–Crippen MR) is 74.7 cm³/mol. The number of benzene rings is 1. The fourth-order valence-corrected chi connectivity index (χ4v) is 2.60. The largest absolute Gasteiger partial charge is 0.378 e. The van der Waals surface area contributed by atoms with Crippen LogP contribution < -0.4 is 10.2 Å². The first-order valence-electron chi connectivity index (χ1n) is 6.60. The Hall–Kier alpha value is -1.53. The third-order valence-corrected chi connectivity index (χ3v) is 3.71. The number of hydrogen-bond donors (Lipinski definition) is 1. The summed E-state index contributed by atoms with van der Waals surface area (Å²) in [4.78, 5) is 2.08. The topological polar surface area (TPSA) is 39.1 Å². The molecule has 0 amide bonds. The molecule has 1 fully saturated rings. The number of hydrogen-bond acceptors (Lipinski definition) is 3. The van der Waals surface area contributed by atoms with E-state index < -0.39 is 0 Å². The van der Waals surface area contributed by atoms with Crippen LogP contribution in [0.25, 0.3) is 0 Å². The normalized spacial score (nSPS) is 21.1. The van der Waals surface area contributed by atoms with Gasteiger partial charge < -0.3 is 10.2 Å². The van der Waals surface area contributed by atoms with E-state index in [-0.39, 0.29) is 5.92 Å². The van der Waals surface area contributed by atoms with Crippen molar-refractivity contribution in [3.8, 4) is 6.07 Å².